The summed E-state index contributed by atoms with van der Waals surface area (Å²) in [5.74, 6) is -1.58. The summed E-state index contributed by atoms with van der Waals surface area (Å²) in [6.45, 7) is 8.89. The second-order valence-corrected chi connectivity index (χ2v) is 8.85. The molecule has 2 heterocycles. The first-order valence-corrected chi connectivity index (χ1v) is 11.9. The lowest BCUT2D eigenvalue weighted by atomic mass is 9.94. The van der Waals surface area contributed by atoms with Crippen molar-refractivity contribution in [1.82, 2.24) is 9.80 Å². The summed E-state index contributed by atoms with van der Waals surface area (Å²) in [5, 5.41) is 11.2. The van der Waals surface area contributed by atoms with Gasteiger partial charge in [-0.05, 0) is 62.8 Å². The summed E-state index contributed by atoms with van der Waals surface area (Å²) >= 11 is 0. The zero-order valence-corrected chi connectivity index (χ0v) is 19.9. The van der Waals surface area contributed by atoms with Gasteiger partial charge in [-0.15, -0.1) is 0 Å². The number of benzene rings is 2. The minimum absolute atomic E-state index is 0.0298. The quantitative estimate of drug-likeness (QED) is 0.357. The molecule has 6 nitrogen and oxygen atoms in total. The van der Waals surface area contributed by atoms with Crippen LogP contribution in [0.3, 0.4) is 0 Å². The Kier molecular flexibility index (Phi) is 7.03. The molecule has 0 saturated carbocycles. The molecule has 0 aliphatic carbocycles. The van der Waals surface area contributed by atoms with Gasteiger partial charge in [-0.25, -0.2) is 4.39 Å². The van der Waals surface area contributed by atoms with Gasteiger partial charge >= 0.3 is 0 Å². The van der Waals surface area contributed by atoms with E-state index in [1.807, 2.05) is 6.92 Å². The van der Waals surface area contributed by atoms with Gasteiger partial charge in [0.1, 0.15) is 23.4 Å². The molecule has 0 spiro atoms. The highest BCUT2D eigenvalue weighted by Gasteiger charge is 2.46. The van der Waals surface area contributed by atoms with Crippen molar-refractivity contribution in [2.75, 3.05) is 26.2 Å². The van der Waals surface area contributed by atoms with Crippen molar-refractivity contribution in [2.45, 2.75) is 45.8 Å². The average Bonchev–Trinajstić information content (AvgIpc) is 3.32. The van der Waals surface area contributed by atoms with Gasteiger partial charge in [-0.2, -0.15) is 0 Å². The molecule has 0 radical (unpaired) electrons. The molecule has 2 unspecified atom stereocenters. The van der Waals surface area contributed by atoms with Crippen LogP contribution in [0.5, 0.6) is 5.75 Å². The molecule has 2 aromatic rings. The van der Waals surface area contributed by atoms with Gasteiger partial charge in [-0.3, -0.25) is 9.59 Å². The number of hydrogen-bond acceptors (Lipinski definition) is 5. The van der Waals surface area contributed by atoms with Gasteiger partial charge in [0.05, 0.1) is 11.6 Å². The zero-order chi connectivity index (χ0) is 24.4. The van der Waals surface area contributed by atoms with Crippen LogP contribution in [0.15, 0.2) is 48.0 Å². The first-order chi connectivity index (χ1) is 16.3. The highest BCUT2D eigenvalue weighted by atomic mass is 19.1. The van der Waals surface area contributed by atoms with Crippen LogP contribution in [-0.2, 0) is 16.0 Å². The number of likely N-dealkylation sites (tertiary alicyclic amines) is 1. The van der Waals surface area contributed by atoms with Gasteiger partial charge in [0.15, 0.2) is 0 Å². The first-order valence-electron chi connectivity index (χ1n) is 11.9. The molecule has 2 aromatic carbocycles. The van der Waals surface area contributed by atoms with Crippen molar-refractivity contribution in [1.29, 1.82) is 0 Å². The van der Waals surface area contributed by atoms with Crippen molar-refractivity contribution in [3.05, 3.63) is 70.5 Å². The number of ether oxygens (including phenoxy) is 1. The first kappa shape index (κ1) is 24.0. The molecule has 0 bridgehead atoms. The largest absolute Gasteiger partial charge is 0.507 e. The average molecular weight is 467 g/mol. The van der Waals surface area contributed by atoms with Crippen molar-refractivity contribution >= 4 is 17.4 Å². The van der Waals surface area contributed by atoms with Gasteiger partial charge in [0.25, 0.3) is 11.7 Å². The van der Waals surface area contributed by atoms with E-state index in [0.29, 0.717) is 18.4 Å². The summed E-state index contributed by atoms with van der Waals surface area (Å²) in [7, 11) is 0. The van der Waals surface area contributed by atoms with Crippen LogP contribution in [0.25, 0.3) is 5.76 Å². The summed E-state index contributed by atoms with van der Waals surface area (Å²) in [5.41, 5.74) is 1.46. The fraction of sp³-hybridized carbons (Fsp3) is 0.407. The number of Topliss-reactive ketones (excluding diaryl/α,β-unsaturated/α-hetero) is 1. The molecule has 1 N–H and O–H groups in total. The molecule has 2 aliphatic rings. The number of carbonyl (C=O) groups excluding carboxylic acids is 2. The van der Waals surface area contributed by atoms with Crippen LogP contribution in [0, 0.1) is 5.82 Å². The third-order valence-corrected chi connectivity index (χ3v) is 6.68. The molecule has 4 rings (SSSR count). The summed E-state index contributed by atoms with van der Waals surface area (Å²) in [6, 6.07) is 10.3. The van der Waals surface area contributed by atoms with Crippen molar-refractivity contribution < 1.29 is 23.8 Å². The smallest absolute Gasteiger partial charge is 0.295 e. The molecule has 2 aliphatic heterocycles. The molecule has 1 saturated heterocycles. The number of fused-ring (bicyclic) bond motifs is 1. The number of aliphatic hydroxyl groups is 1. The summed E-state index contributed by atoms with van der Waals surface area (Å²) in [6.07, 6.45) is 1.35. The van der Waals surface area contributed by atoms with E-state index in [1.165, 1.54) is 11.0 Å². The van der Waals surface area contributed by atoms with Gasteiger partial charge in [0.2, 0.25) is 0 Å². The fourth-order valence-electron chi connectivity index (χ4n) is 4.86. The van der Waals surface area contributed by atoms with E-state index in [-0.39, 0.29) is 29.5 Å². The number of amides is 1. The Morgan fingerprint density at radius 1 is 1.18 bits per heavy atom. The lowest BCUT2D eigenvalue weighted by Gasteiger charge is -2.27. The maximum Gasteiger partial charge on any atom is 0.295 e. The number of ketones is 1. The number of nitrogens with zero attached hydrogens (tertiary/aromatic N) is 2. The SMILES string of the molecule is CCN(CC)CCCN1C(=O)C(=O)/C(=C(\O)c2ccc3c(c2)CC(C)O3)C1c1ccccc1F. The molecular formula is C27H31FN2O4. The van der Waals surface area contributed by atoms with E-state index >= 15 is 0 Å². The van der Waals surface area contributed by atoms with Crippen LogP contribution >= 0.6 is 0 Å². The number of hydrogen-bond donors (Lipinski definition) is 1. The monoisotopic (exact) mass is 466 g/mol. The Bertz CT molecular complexity index is 1130. The van der Waals surface area contributed by atoms with E-state index in [2.05, 4.69) is 18.7 Å². The lowest BCUT2D eigenvalue weighted by Crippen LogP contribution is -2.33. The van der Waals surface area contributed by atoms with Crippen molar-refractivity contribution in [3.63, 3.8) is 0 Å². The second-order valence-electron chi connectivity index (χ2n) is 8.85. The summed E-state index contributed by atoms with van der Waals surface area (Å²) < 4.78 is 20.6. The number of rotatable bonds is 8. The van der Waals surface area contributed by atoms with E-state index in [1.54, 1.807) is 36.4 Å². The minimum atomic E-state index is -0.985. The Hall–Kier alpha value is -3.19. The number of aliphatic hydroxyl groups excluding tert-OH is 1. The normalized spacial score (nSPS) is 21.3. The lowest BCUT2D eigenvalue weighted by molar-refractivity contribution is -0.140. The van der Waals surface area contributed by atoms with Crippen LogP contribution in [0.1, 0.15) is 49.9 Å². The van der Waals surface area contributed by atoms with E-state index < -0.39 is 23.5 Å². The van der Waals surface area contributed by atoms with Gasteiger partial charge < -0.3 is 19.6 Å². The van der Waals surface area contributed by atoms with Crippen molar-refractivity contribution in [2.24, 2.45) is 0 Å². The highest BCUT2D eigenvalue weighted by Crippen LogP contribution is 2.41. The standard InChI is InChI=1S/C27H31FN2O4/c1-4-29(5-2)13-8-14-30-24(20-9-6-7-10-21(20)28)23(26(32)27(30)33)25(31)18-11-12-22-19(16-18)15-17(3)34-22/h6-7,9-12,16-17,24,31H,4-5,8,13-15H2,1-3H3/b25-23-. The molecule has 1 fully saturated rings. The van der Waals surface area contributed by atoms with Crippen molar-refractivity contribution in [3.8, 4) is 5.75 Å². The highest BCUT2D eigenvalue weighted by molar-refractivity contribution is 6.46. The maximum absolute atomic E-state index is 14.9. The summed E-state index contributed by atoms with van der Waals surface area (Å²) in [4.78, 5) is 29.8. The molecule has 7 heteroatoms. The number of carbonyl (C=O) groups is 2. The van der Waals surface area contributed by atoms with E-state index in [4.69, 9.17) is 4.74 Å². The Morgan fingerprint density at radius 3 is 2.62 bits per heavy atom. The molecule has 180 valence electrons. The number of halogens is 1. The molecule has 1 amide bonds. The van der Waals surface area contributed by atoms with Crippen LogP contribution in [0.4, 0.5) is 4.39 Å². The van der Waals surface area contributed by atoms with E-state index in [0.717, 1.165) is 30.9 Å². The third kappa shape index (κ3) is 4.44. The van der Waals surface area contributed by atoms with E-state index in [9.17, 15) is 19.1 Å². The zero-order valence-electron chi connectivity index (χ0n) is 19.9. The Balaban J connectivity index is 1.74. The van der Waals surface area contributed by atoms with Crippen LogP contribution in [-0.4, -0.2) is 58.9 Å². The Labute approximate surface area is 199 Å². The predicted octanol–water partition coefficient (Wildman–Crippen LogP) is 4.30. The predicted molar refractivity (Wildman–Crippen MR) is 128 cm³/mol. The maximum atomic E-state index is 14.9. The third-order valence-electron chi connectivity index (χ3n) is 6.68. The topological polar surface area (TPSA) is 70.1 Å². The molecule has 2 atom stereocenters. The molecule has 34 heavy (non-hydrogen) atoms. The molecular weight excluding hydrogens is 435 g/mol. The van der Waals surface area contributed by atoms with Gasteiger partial charge in [-0.1, -0.05) is 32.0 Å². The minimum Gasteiger partial charge on any atom is -0.507 e. The van der Waals surface area contributed by atoms with Crippen LogP contribution < -0.4 is 4.74 Å². The fourth-order valence-corrected chi connectivity index (χ4v) is 4.86. The Morgan fingerprint density at radius 2 is 1.91 bits per heavy atom. The molecule has 0 aromatic heterocycles. The second kappa shape index (κ2) is 9.97. The van der Waals surface area contributed by atoms with Crippen LogP contribution in [0.2, 0.25) is 0 Å². The van der Waals surface area contributed by atoms with Gasteiger partial charge in [0, 0.05) is 24.1 Å².